The maximum Gasteiger partial charge on any atom is 0.241 e. The van der Waals surface area contributed by atoms with Crippen LogP contribution in [0.25, 0.3) is 0 Å². The van der Waals surface area contributed by atoms with E-state index in [2.05, 4.69) is 5.10 Å². The lowest BCUT2D eigenvalue weighted by Crippen LogP contribution is -2.11. The maximum atomic E-state index is 11.2. The molecular weight excluding hydrogens is 250 g/mol. The van der Waals surface area contributed by atoms with Crippen LogP contribution < -0.4 is 5.14 Å². The number of hydrogen-bond donors (Lipinski definition) is 1. The predicted octanol–water partition coefficient (Wildman–Crippen LogP) is 1.20. The van der Waals surface area contributed by atoms with Gasteiger partial charge in [0.1, 0.15) is 4.90 Å². The number of aromatic nitrogens is 2. The van der Waals surface area contributed by atoms with E-state index in [9.17, 15) is 8.42 Å². The molecule has 0 atom stereocenters. The van der Waals surface area contributed by atoms with Gasteiger partial charge in [0, 0.05) is 6.20 Å². The van der Waals surface area contributed by atoms with E-state index in [1.54, 1.807) is 4.68 Å². The third-order valence-electron chi connectivity index (χ3n) is 2.90. The van der Waals surface area contributed by atoms with Crippen molar-refractivity contribution in [3.63, 3.8) is 0 Å². The molecule has 5 nitrogen and oxygen atoms in total. The SMILES string of the molecule is Cc1cccc(C)c1Cn1cc(S(N)(=O)=O)cn1. The molecule has 18 heavy (non-hydrogen) atoms. The molecule has 0 spiro atoms. The third kappa shape index (κ3) is 2.60. The summed E-state index contributed by atoms with van der Waals surface area (Å²) in [6.07, 6.45) is 2.71. The topological polar surface area (TPSA) is 78.0 Å². The molecule has 2 N–H and O–H groups in total. The molecule has 2 aromatic rings. The first-order valence-corrected chi connectivity index (χ1v) is 7.03. The highest BCUT2D eigenvalue weighted by atomic mass is 32.2. The van der Waals surface area contributed by atoms with Crippen LogP contribution in [-0.2, 0) is 16.6 Å². The van der Waals surface area contributed by atoms with Gasteiger partial charge in [-0.25, -0.2) is 13.6 Å². The number of sulfonamides is 1. The van der Waals surface area contributed by atoms with Crippen molar-refractivity contribution in [3.05, 3.63) is 47.3 Å². The zero-order chi connectivity index (χ0) is 13.3. The van der Waals surface area contributed by atoms with Crippen LogP contribution in [-0.4, -0.2) is 18.2 Å². The molecule has 0 fully saturated rings. The Balaban J connectivity index is 2.33. The third-order valence-corrected chi connectivity index (χ3v) is 3.77. The van der Waals surface area contributed by atoms with E-state index in [4.69, 9.17) is 5.14 Å². The molecular formula is C12H15N3O2S. The Morgan fingerprint density at radius 2 is 1.89 bits per heavy atom. The first-order chi connectivity index (χ1) is 8.38. The number of nitrogens with zero attached hydrogens (tertiary/aromatic N) is 2. The fourth-order valence-corrected chi connectivity index (χ4v) is 2.30. The van der Waals surface area contributed by atoms with Gasteiger partial charge >= 0.3 is 0 Å². The van der Waals surface area contributed by atoms with E-state index in [0.717, 1.165) is 16.7 Å². The van der Waals surface area contributed by atoms with Crippen LogP contribution >= 0.6 is 0 Å². The van der Waals surface area contributed by atoms with Gasteiger partial charge in [0.15, 0.2) is 0 Å². The zero-order valence-corrected chi connectivity index (χ0v) is 11.1. The Morgan fingerprint density at radius 3 is 2.39 bits per heavy atom. The molecule has 1 aromatic heterocycles. The highest BCUT2D eigenvalue weighted by molar-refractivity contribution is 7.89. The standard InChI is InChI=1S/C12H15N3O2S/c1-9-4-3-5-10(2)12(9)8-15-7-11(6-14-15)18(13,16)17/h3-7H,8H2,1-2H3,(H2,13,16,17). The molecule has 0 radical (unpaired) electrons. The number of aryl methyl sites for hydroxylation is 2. The maximum absolute atomic E-state index is 11.2. The second-order valence-electron chi connectivity index (χ2n) is 4.29. The molecule has 6 heteroatoms. The number of benzene rings is 1. The van der Waals surface area contributed by atoms with Gasteiger partial charge in [-0.2, -0.15) is 5.10 Å². The highest BCUT2D eigenvalue weighted by Crippen LogP contribution is 2.15. The Labute approximate surface area is 106 Å². The van der Waals surface area contributed by atoms with Gasteiger partial charge in [-0.1, -0.05) is 18.2 Å². The van der Waals surface area contributed by atoms with Crippen molar-refractivity contribution in [2.24, 2.45) is 5.14 Å². The molecule has 1 aromatic carbocycles. The summed E-state index contributed by atoms with van der Waals surface area (Å²) in [5, 5.41) is 9.06. The molecule has 0 aliphatic heterocycles. The number of hydrogen-bond acceptors (Lipinski definition) is 3. The van der Waals surface area contributed by atoms with Crippen molar-refractivity contribution in [2.45, 2.75) is 25.3 Å². The smallest absolute Gasteiger partial charge is 0.241 e. The molecule has 96 valence electrons. The molecule has 0 saturated heterocycles. The lowest BCUT2D eigenvalue weighted by Gasteiger charge is -2.09. The van der Waals surface area contributed by atoms with Gasteiger partial charge in [-0.15, -0.1) is 0 Å². The largest absolute Gasteiger partial charge is 0.267 e. The van der Waals surface area contributed by atoms with Gasteiger partial charge < -0.3 is 0 Å². The first kappa shape index (κ1) is 12.8. The summed E-state index contributed by atoms with van der Waals surface area (Å²) >= 11 is 0. The zero-order valence-electron chi connectivity index (χ0n) is 10.3. The van der Waals surface area contributed by atoms with Crippen LogP contribution in [0.15, 0.2) is 35.5 Å². The fourth-order valence-electron chi connectivity index (χ4n) is 1.84. The minimum Gasteiger partial charge on any atom is -0.267 e. The summed E-state index contributed by atoms with van der Waals surface area (Å²) in [6.45, 7) is 4.58. The summed E-state index contributed by atoms with van der Waals surface area (Å²) in [7, 11) is -3.68. The minimum atomic E-state index is -3.68. The Morgan fingerprint density at radius 1 is 1.28 bits per heavy atom. The van der Waals surface area contributed by atoms with Crippen molar-refractivity contribution in [1.82, 2.24) is 9.78 Å². The predicted molar refractivity (Wildman–Crippen MR) is 68.6 cm³/mol. The molecule has 2 rings (SSSR count). The molecule has 0 aliphatic carbocycles. The second-order valence-corrected chi connectivity index (χ2v) is 5.85. The van der Waals surface area contributed by atoms with E-state index in [1.807, 2.05) is 32.0 Å². The van der Waals surface area contributed by atoms with Crippen LogP contribution in [0.4, 0.5) is 0 Å². The monoisotopic (exact) mass is 265 g/mol. The van der Waals surface area contributed by atoms with Crippen molar-refractivity contribution in [3.8, 4) is 0 Å². The normalized spacial score (nSPS) is 11.7. The first-order valence-electron chi connectivity index (χ1n) is 5.48. The van der Waals surface area contributed by atoms with E-state index >= 15 is 0 Å². The van der Waals surface area contributed by atoms with Gasteiger partial charge in [0.05, 0.1) is 12.7 Å². The van der Waals surface area contributed by atoms with Crippen molar-refractivity contribution in [2.75, 3.05) is 0 Å². The number of rotatable bonds is 3. The number of nitrogens with two attached hydrogens (primary N) is 1. The molecule has 0 aliphatic rings. The summed E-state index contributed by atoms with van der Waals surface area (Å²) < 4.78 is 23.9. The molecule has 0 saturated carbocycles. The van der Waals surface area contributed by atoms with E-state index in [0.29, 0.717) is 6.54 Å². The van der Waals surface area contributed by atoms with Crippen LogP contribution in [0, 0.1) is 13.8 Å². The summed E-state index contributed by atoms with van der Waals surface area (Å²) in [4.78, 5) is 0.0359. The average molecular weight is 265 g/mol. The van der Waals surface area contributed by atoms with E-state index < -0.39 is 10.0 Å². The molecule has 1 heterocycles. The minimum absolute atomic E-state index is 0.0359. The summed E-state index contributed by atoms with van der Waals surface area (Å²) in [5.74, 6) is 0. The van der Waals surface area contributed by atoms with Gasteiger partial charge in [0.2, 0.25) is 10.0 Å². The molecule has 0 bridgehead atoms. The van der Waals surface area contributed by atoms with E-state index in [1.165, 1.54) is 12.4 Å². The van der Waals surface area contributed by atoms with Crippen LogP contribution in [0.5, 0.6) is 0 Å². The fraction of sp³-hybridized carbons (Fsp3) is 0.250. The number of primary sulfonamides is 1. The molecule has 0 unspecified atom stereocenters. The summed E-state index contributed by atoms with van der Waals surface area (Å²) in [6, 6.07) is 6.03. The van der Waals surface area contributed by atoms with Crippen molar-refractivity contribution >= 4 is 10.0 Å². The molecule has 0 amide bonds. The Bertz CT molecular complexity index is 654. The van der Waals surface area contributed by atoms with Gasteiger partial charge in [-0.3, -0.25) is 4.68 Å². The Kier molecular flexibility index (Phi) is 3.23. The van der Waals surface area contributed by atoms with Gasteiger partial charge in [-0.05, 0) is 30.5 Å². The average Bonchev–Trinajstić information content (AvgIpc) is 2.72. The Hall–Kier alpha value is -1.66. The van der Waals surface area contributed by atoms with Crippen LogP contribution in [0.3, 0.4) is 0 Å². The second kappa shape index (κ2) is 4.55. The van der Waals surface area contributed by atoms with E-state index in [-0.39, 0.29) is 4.90 Å². The van der Waals surface area contributed by atoms with Crippen molar-refractivity contribution in [1.29, 1.82) is 0 Å². The van der Waals surface area contributed by atoms with Crippen molar-refractivity contribution < 1.29 is 8.42 Å². The van der Waals surface area contributed by atoms with Crippen LogP contribution in [0.1, 0.15) is 16.7 Å². The van der Waals surface area contributed by atoms with Crippen LogP contribution in [0.2, 0.25) is 0 Å². The van der Waals surface area contributed by atoms with Gasteiger partial charge in [0.25, 0.3) is 0 Å². The summed E-state index contributed by atoms with van der Waals surface area (Å²) in [5.41, 5.74) is 3.45. The lowest BCUT2D eigenvalue weighted by molar-refractivity contribution is 0.597. The quantitative estimate of drug-likeness (QED) is 0.905. The highest BCUT2D eigenvalue weighted by Gasteiger charge is 2.11. The lowest BCUT2D eigenvalue weighted by atomic mass is 10.0.